The van der Waals surface area contributed by atoms with Gasteiger partial charge in [-0.3, -0.25) is 4.79 Å². The number of ether oxygens (including phenoxy) is 2. The number of carbonyl (C=O) groups excluding carboxylic acids is 1. The summed E-state index contributed by atoms with van der Waals surface area (Å²) in [6.07, 6.45) is 0.478. The van der Waals surface area contributed by atoms with Crippen molar-refractivity contribution in [2.75, 3.05) is 13.2 Å². The molecule has 0 fully saturated rings. The van der Waals surface area contributed by atoms with E-state index in [-0.39, 0.29) is 17.7 Å². The minimum atomic E-state index is -0.325. The summed E-state index contributed by atoms with van der Waals surface area (Å²) in [4.78, 5) is 11.5. The van der Waals surface area contributed by atoms with Crippen LogP contribution in [-0.2, 0) is 16.0 Å². The van der Waals surface area contributed by atoms with E-state index in [1.165, 1.54) is 12.1 Å². The monoisotopic (exact) mass is 224 g/mol. The highest BCUT2D eigenvalue weighted by molar-refractivity contribution is 5.73. The molecule has 0 saturated carbocycles. The maximum Gasteiger partial charge on any atom is 0.312 e. The normalized spacial score (nSPS) is 18.5. The van der Waals surface area contributed by atoms with Gasteiger partial charge in [0.2, 0.25) is 0 Å². The minimum absolute atomic E-state index is 0.280. The van der Waals surface area contributed by atoms with Gasteiger partial charge in [0.05, 0.1) is 12.5 Å². The molecule has 1 atom stereocenters. The Morgan fingerprint density at radius 1 is 1.62 bits per heavy atom. The van der Waals surface area contributed by atoms with Crippen molar-refractivity contribution in [3.05, 3.63) is 29.6 Å². The second-order valence-corrected chi connectivity index (χ2v) is 3.72. The minimum Gasteiger partial charge on any atom is -0.492 e. The van der Waals surface area contributed by atoms with Crippen molar-refractivity contribution in [2.45, 2.75) is 13.3 Å². The Morgan fingerprint density at radius 3 is 3.19 bits per heavy atom. The summed E-state index contributed by atoms with van der Waals surface area (Å²) >= 11 is 0. The molecule has 86 valence electrons. The van der Waals surface area contributed by atoms with Crippen LogP contribution in [0.1, 0.15) is 12.5 Å². The molecule has 2 rings (SSSR count). The number of rotatable bonds is 2. The van der Waals surface area contributed by atoms with Crippen molar-refractivity contribution in [3.8, 4) is 5.75 Å². The number of benzene rings is 1. The second-order valence-electron chi connectivity index (χ2n) is 3.72. The summed E-state index contributed by atoms with van der Waals surface area (Å²) in [7, 11) is 0. The van der Waals surface area contributed by atoms with Crippen molar-refractivity contribution in [1.82, 2.24) is 0 Å². The lowest BCUT2D eigenvalue weighted by Gasteiger charge is -2.23. The lowest BCUT2D eigenvalue weighted by atomic mass is 9.97. The van der Waals surface area contributed by atoms with Crippen LogP contribution in [0.5, 0.6) is 5.75 Å². The van der Waals surface area contributed by atoms with Gasteiger partial charge in [-0.15, -0.1) is 0 Å². The van der Waals surface area contributed by atoms with Crippen LogP contribution in [-0.4, -0.2) is 19.2 Å². The van der Waals surface area contributed by atoms with Crippen molar-refractivity contribution >= 4 is 5.97 Å². The van der Waals surface area contributed by atoms with Crippen LogP contribution in [0.3, 0.4) is 0 Å². The molecule has 0 aromatic heterocycles. The zero-order valence-corrected chi connectivity index (χ0v) is 9.03. The van der Waals surface area contributed by atoms with E-state index in [2.05, 4.69) is 0 Å². The third kappa shape index (κ3) is 2.15. The zero-order chi connectivity index (χ0) is 11.5. The fourth-order valence-electron chi connectivity index (χ4n) is 1.77. The number of hydrogen-bond donors (Lipinski definition) is 0. The molecule has 1 aliphatic rings. The predicted molar refractivity (Wildman–Crippen MR) is 55.7 cm³/mol. The first-order valence-electron chi connectivity index (χ1n) is 5.28. The Hall–Kier alpha value is -1.58. The Kier molecular flexibility index (Phi) is 3.08. The molecule has 0 bridgehead atoms. The van der Waals surface area contributed by atoms with E-state index in [9.17, 15) is 9.18 Å². The number of hydrogen-bond acceptors (Lipinski definition) is 3. The maximum absolute atomic E-state index is 13.0. The lowest BCUT2D eigenvalue weighted by Crippen LogP contribution is -2.29. The summed E-state index contributed by atoms with van der Waals surface area (Å²) in [5, 5.41) is 0. The van der Waals surface area contributed by atoms with E-state index in [0.717, 1.165) is 5.56 Å². The first kappa shape index (κ1) is 10.9. The van der Waals surface area contributed by atoms with E-state index in [1.807, 2.05) is 0 Å². The number of fused-ring (bicyclic) bond motifs is 1. The van der Waals surface area contributed by atoms with Crippen LogP contribution in [0.25, 0.3) is 0 Å². The van der Waals surface area contributed by atoms with Crippen LogP contribution in [0, 0.1) is 11.7 Å². The van der Waals surface area contributed by atoms with Gasteiger partial charge in [-0.2, -0.15) is 0 Å². The summed E-state index contributed by atoms with van der Waals surface area (Å²) in [6, 6.07) is 4.34. The van der Waals surface area contributed by atoms with Crippen LogP contribution >= 0.6 is 0 Å². The quantitative estimate of drug-likeness (QED) is 0.720. The summed E-state index contributed by atoms with van der Waals surface area (Å²) < 4.78 is 23.3. The molecule has 4 heteroatoms. The molecule has 16 heavy (non-hydrogen) atoms. The summed E-state index contributed by atoms with van der Waals surface area (Å²) in [5.74, 6) is -0.263. The van der Waals surface area contributed by atoms with E-state index in [1.54, 1.807) is 13.0 Å². The van der Waals surface area contributed by atoms with Crippen molar-refractivity contribution < 1.29 is 18.7 Å². The van der Waals surface area contributed by atoms with E-state index in [4.69, 9.17) is 9.47 Å². The molecule has 0 aliphatic carbocycles. The van der Waals surface area contributed by atoms with Crippen molar-refractivity contribution in [1.29, 1.82) is 0 Å². The predicted octanol–water partition coefficient (Wildman–Crippen LogP) is 1.94. The van der Waals surface area contributed by atoms with Gasteiger partial charge in [0.15, 0.2) is 0 Å². The molecule has 0 amide bonds. The average Bonchev–Trinajstić information content (AvgIpc) is 2.28. The second kappa shape index (κ2) is 4.51. The topological polar surface area (TPSA) is 35.5 Å². The van der Waals surface area contributed by atoms with Crippen LogP contribution in [0.15, 0.2) is 18.2 Å². The molecular formula is C12H13FO3. The molecule has 0 N–H and O–H groups in total. The molecule has 1 aromatic rings. The Labute approximate surface area is 93.2 Å². The van der Waals surface area contributed by atoms with Crippen LogP contribution < -0.4 is 4.74 Å². The molecule has 1 heterocycles. The fourth-order valence-corrected chi connectivity index (χ4v) is 1.77. The average molecular weight is 224 g/mol. The Morgan fingerprint density at radius 2 is 2.44 bits per heavy atom. The van der Waals surface area contributed by atoms with Crippen LogP contribution in [0.4, 0.5) is 4.39 Å². The first-order chi connectivity index (χ1) is 7.70. The smallest absolute Gasteiger partial charge is 0.312 e. The molecule has 3 nitrogen and oxygen atoms in total. The highest BCUT2D eigenvalue weighted by Gasteiger charge is 2.27. The summed E-state index contributed by atoms with van der Waals surface area (Å²) in [5.41, 5.74) is 0.726. The van der Waals surface area contributed by atoms with Gasteiger partial charge in [0.25, 0.3) is 0 Å². The van der Waals surface area contributed by atoms with Gasteiger partial charge in [-0.1, -0.05) is 0 Å². The zero-order valence-electron chi connectivity index (χ0n) is 9.03. The van der Waals surface area contributed by atoms with Crippen molar-refractivity contribution in [3.63, 3.8) is 0 Å². The SMILES string of the molecule is CCOC(=O)C1COc2ccc(F)cc2C1. The van der Waals surface area contributed by atoms with Gasteiger partial charge < -0.3 is 9.47 Å². The molecule has 0 spiro atoms. The largest absolute Gasteiger partial charge is 0.492 e. The van der Waals surface area contributed by atoms with Gasteiger partial charge in [-0.25, -0.2) is 4.39 Å². The van der Waals surface area contributed by atoms with Gasteiger partial charge in [0.1, 0.15) is 18.2 Å². The summed E-state index contributed by atoms with van der Waals surface area (Å²) in [6.45, 7) is 2.41. The Bertz CT molecular complexity index is 403. The van der Waals surface area contributed by atoms with E-state index < -0.39 is 0 Å². The van der Waals surface area contributed by atoms with Gasteiger partial charge in [0, 0.05) is 0 Å². The molecule has 1 unspecified atom stereocenters. The molecule has 1 aromatic carbocycles. The standard InChI is InChI=1S/C12H13FO3/c1-2-15-12(14)9-5-8-6-10(13)3-4-11(8)16-7-9/h3-4,6,9H,2,5,7H2,1H3. The van der Waals surface area contributed by atoms with Gasteiger partial charge >= 0.3 is 5.97 Å². The molecule has 0 radical (unpaired) electrons. The molecular weight excluding hydrogens is 211 g/mol. The number of esters is 1. The maximum atomic E-state index is 13.0. The van der Waals surface area contributed by atoms with Crippen LogP contribution in [0.2, 0.25) is 0 Å². The lowest BCUT2D eigenvalue weighted by molar-refractivity contribution is -0.149. The first-order valence-corrected chi connectivity index (χ1v) is 5.28. The van der Waals surface area contributed by atoms with E-state index >= 15 is 0 Å². The van der Waals surface area contributed by atoms with E-state index in [0.29, 0.717) is 25.4 Å². The fraction of sp³-hybridized carbons (Fsp3) is 0.417. The Balaban J connectivity index is 2.13. The molecule has 0 saturated heterocycles. The van der Waals surface area contributed by atoms with Crippen molar-refractivity contribution in [2.24, 2.45) is 5.92 Å². The number of carbonyl (C=O) groups is 1. The highest BCUT2D eigenvalue weighted by Crippen LogP contribution is 2.28. The third-order valence-electron chi connectivity index (χ3n) is 2.55. The van der Waals surface area contributed by atoms with Gasteiger partial charge in [-0.05, 0) is 37.1 Å². The highest BCUT2D eigenvalue weighted by atomic mass is 19.1. The number of halogens is 1. The molecule has 1 aliphatic heterocycles. The third-order valence-corrected chi connectivity index (χ3v) is 2.55.